The molecule has 6 rings (SSSR count). The molecular formula is C28H32N6O5S. The summed E-state index contributed by atoms with van der Waals surface area (Å²) in [7, 11) is 0. The number of hydrogen-bond donors (Lipinski definition) is 3. The van der Waals surface area contributed by atoms with Gasteiger partial charge >= 0.3 is 0 Å². The Kier molecular flexibility index (Phi) is 6.91. The van der Waals surface area contributed by atoms with E-state index in [0.29, 0.717) is 30.0 Å². The minimum atomic E-state index is -0.819. The Hall–Kier alpha value is -3.64. The maximum Gasteiger partial charge on any atom is 0.245 e. The minimum absolute atomic E-state index is 0.0715. The molecule has 12 heteroatoms. The number of nitrogens with one attached hydrogen (secondary N) is 2. The summed E-state index contributed by atoms with van der Waals surface area (Å²) in [5, 5.41) is 24.2. The standard InChI is InChI=1S/C28H32N6O5S/c1-3-39-18-10-8-17(9-11-18)30-25(36)22-21-12-13-28(40-21)23(22)27(38)34(16(2)14-35)24(28)26(37)29-15-33-20-7-5-4-6-19(20)31-32-33/h4-11,16,21-24,35H,3,12-15H2,1-2H3,(H,29,37)(H,30,36)/t16-,21-,22+,23+,24?,28?/m1/s1. The van der Waals surface area contributed by atoms with E-state index < -0.39 is 28.7 Å². The molecule has 1 aromatic heterocycles. The second-order valence-corrected chi connectivity index (χ2v) is 12.2. The molecule has 40 heavy (non-hydrogen) atoms. The van der Waals surface area contributed by atoms with Crippen molar-refractivity contribution in [2.75, 3.05) is 18.5 Å². The zero-order chi connectivity index (χ0) is 28.0. The van der Waals surface area contributed by atoms with Crippen LogP contribution in [-0.4, -0.2) is 78.0 Å². The molecule has 1 spiro atoms. The van der Waals surface area contributed by atoms with E-state index in [-0.39, 0.29) is 36.2 Å². The molecule has 2 bridgehead atoms. The second-order valence-electron chi connectivity index (χ2n) is 10.6. The number of amides is 3. The molecule has 3 saturated heterocycles. The van der Waals surface area contributed by atoms with Crippen LogP contribution in [0.4, 0.5) is 5.69 Å². The van der Waals surface area contributed by atoms with Gasteiger partial charge in [-0.2, -0.15) is 0 Å². The Morgan fingerprint density at radius 3 is 2.73 bits per heavy atom. The predicted octanol–water partition coefficient (Wildman–Crippen LogP) is 2.01. The summed E-state index contributed by atoms with van der Waals surface area (Å²) in [5.74, 6) is -1.33. The van der Waals surface area contributed by atoms with Gasteiger partial charge < -0.3 is 25.4 Å². The second kappa shape index (κ2) is 10.4. The Morgan fingerprint density at radius 2 is 1.98 bits per heavy atom. The van der Waals surface area contributed by atoms with Gasteiger partial charge in [0, 0.05) is 10.9 Å². The molecule has 3 aromatic rings. The van der Waals surface area contributed by atoms with Gasteiger partial charge in [0.1, 0.15) is 24.0 Å². The zero-order valence-corrected chi connectivity index (χ0v) is 23.1. The molecule has 4 heterocycles. The lowest BCUT2D eigenvalue weighted by molar-refractivity contribution is -0.141. The monoisotopic (exact) mass is 564 g/mol. The summed E-state index contributed by atoms with van der Waals surface area (Å²) in [6.45, 7) is 3.98. The molecular weight excluding hydrogens is 532 g/mol. The number of aliphatic hydroxyl groups excluding tert-OH is 1. The van der Waals surface area contributed by atoms with Crippen LogP contribution in [0, 0.1) is 11.8 Å². The van der Waals surface area contributed by atoms with Crippen LogP contribution in [-0.2, 0) is 21.1 Å². The van der Waals surface area contributed by atoms with Crippen molar-refractivity contribution in [3.8, 4) is 5.75 Å². The smallest absolute Gasteiger partial charge is 0.245 e. The third kappa shape index (κ3) is 4.21. The molecule has 3 N–H and O–H groups in total. The van der Waals surface area contributed by atoms with Crippen LogP contribution >= 0.6 is 11.8 Å². The third-order valence-electron chi connectivity index (χ3n) is 8.28. The average Bonchev–Trinajstić information content (AvgIpc) is 3.71. The molecule has 11 nitrogen and oxygen atoms in total. The van der Waals surface area contributed by atoms with Gasteiger partial charge in [0.2, 0.25) is 17.7 Å². The van der Waals surface area contributed by atoms with Crippen LogP contribution in [0.25, 0.3) is 11.0 Å². The molecule has 0 radical (unpaired) electrons. The normalized spacial score (nSPS) is 27.6. The van der Waals surface area contributed by atoms with Crippen molar-refractivity contribution >= 4 is 46.2 Å². The number of fused-ring (bicyclic) bond motifs is 2. The predicted molar refractivity (Wildman–Crippen MR) is 149 cm³/mol. The van der Waals surface area contributed by atoms with Crippen molar-refractivity contribution < 1.29 is 24.2 Å². The SMILES string of the molecule is CCOc1ccc(NC(=O)[C@@H]2[C@H]3C(=O)N([C@H](C)CO)C(C(=O)NCn4nnc5ccccc54)C34CC[C@H]2S4)cc1. The van der Waals surface area contributed by atoms with E-state index in [4.69, 9.17) is 4.74 Å². The number of anilines is 1. The van der Waals surface area contributed by atoms with Gasteiger partial charge in [-0.3, -0.25) is 14.4 Å². The van der Waals surface area contributed by atoms with Crippen molar-refractivity contribution in [1.82, 2.24) is 25.2 Å². The first-order chi connectivity index (χ1) is 19.4. The summed E-state index contributed by atoms with van der Waals surface area (Å²) < 4.78 is 6.34. The quantitative estimate of drug-likeness (QED) is 0.359. The lowest BCUT2D eigenvalue weighted by atomic mass is 9.70. The number of para-hydroxylation sites is 1. The van der Waals surface area contributed by atoms with E-state index in [2.05, 4.69) is 20.9 Å². The summed E-state index contributed by atoms with van der Waals surface area (Å²) in [6.07, 6.45) is 1.37. The first-order valence-electron chi connectivity index (χ1n) is 13.6. The van der Waals surface area contributed by atoms with E-state index in [1.165, 1.54) is 4.90 Å². The number of ether oxygens (including phenoxy) is 1. The number of thioether (sulfide) groups is 1. The Labute approximate surface area is 235 Å². The highest BCUT2D eigenvalue weighted by atomic mass is 32.2. The molecule has 3 aliphatic heterocycles. The van der Waals surface area contributed by atoms with Gasteiger partial charge in [-0.15, -0.1) is 16.9 Å². The van der Waals surface area contributed by atoms with Crippen LogP contribution in [0.3, 0.4) is 0 Å². The van der Waals surface area contributed by atoms with Gasteiger partial charge in [-0.05, 0) is 63.1 Å². The van der Waals surface area contributed by atoms with Crippen LogP contribution in [0.5, 0.6) is 5.75 Å². The van der Waals surface area contributed by atoms with Crippen molar-refractivity contribution in [2.45, 2.75) is 55.4 Å². The topological polar surface area (TPSA) is 139 Å². The number of nitrogens with zero attached hydrogens (tertiary/aromatic N) is 4. The number of aliphatic hydroxyl groups is 1. The molecule has 0 aliphatic carbocycles. The summed E-state index contributed by atoms with van der Waals surface area (Å²) in [5.41, 5.74) is 2.12. The Balaban J connectivity index is 1.25. The molecule has 3 amide bonds. The summed E-state index contributed by atoms with van der Waals surface area (Å²) in [6, 6.07) is 13.2. The largest absolute Gasteiger partial charge is 0.494 e. The van der Waals surface area contributed by atoms with E-state index in [1.807, 2.05) is 31.2 Å². The van der Waals surface area contributed by atoms with Crippen molar-refractivity contribution in [2.24, 2.45) is 11.8 Å². The number of carbonyl (C=O) groups is 3. The van der Waals surface area contributed by atoms with Gasteiger partial charge in [-0.25, -0.2) is 4.68 Å². The van der Waals surface area contributed by atoms with Crippen LogP contribution in [0.15, 0.2) is 48.5 Å². The number of carbonyl (C=O) groups excluding carboxylic acids is 3. The highest BCUT2D eigenvalue weighted by Gasteiger charge is 2.74. The lowest BCUT2D eigenvalue weighted by Crippen LogP contribution is -2.56. The Morgan fingerprint density at radius 1 is 1.20 bits per heavy atom. The minimum Gasteiger partial charge on any atom is -0.494 e. The van der Waals surface area contributed by atoms with Crippen molar-refractivity contribution in [3.63, 3.8) is 0 Å². The summed E-state index contributed by atoms with van der Waals surface area (Å²) in [4.78, 5) is 43.0. The molecule has 2 aromatic carbocycles. The van der Waals surface area contributed by atoms with Crippen molar-refractivity contribution in [1.29, 1.82) is 0 Å². The lowest BCUT2D eigenvalue weighted by Gasteiger charge is -2.35. The fourth-order valence-corrected chi connectivity index (χ4v) is 8.77. The summed E-state index contributed by atoms with van der Waals surface area (Å²) >= 11 is 1.58. The fraction of sp³-hybridized carbons (Fsp3) is 0.464. The number of benzene rings is 2. The molecule has 210 valence electrons. The third-order valence-corrected chi connectivity index (χ3v) is 10.2. The zero-order valence-electron chi connectivity index (χ0n) is 22.3. The molecule has 0 saturated carbocycles. The van der Waals surface area contributed by atoms with E-state index >= 15 is 0 Å². The molecule has 3 fully saturated rings. The van der Waals surface area contributed by atoms with Gasteiger partial charge in [-0.1, -0.05) is 17.3 Å². The number of aromatic nitrogens is 3. The van der Waals surface area contributed by atoms with Crippen LogP contribution in [0.2, 0.25) is 0 Å². The van der Waals surface area contributed by atoms with E-state index in [0.717, 1.165) is 11.9 Å². The maximum absolute atomic E-state index is 14.0. The van der Waals surface area contributed by atoms with E-state index in [9.17, 15) is 19.5 Å². The molecule has 3 aliphatic rings. The maximum atomic E-state index is 14.0. The Bertz CT molecular complexity index is 1450. The number of rotatable bonds is 9. The van der Waals surface area contributed by atoms with Gasteiger partial charge in [0.05, 0.1) is 41.4 Å². The van der Waals surface area contributed by atoms with Gasteiger partial charge in [0.25, 0.3) is 0 Å². The number of likely N-dealkylation sites (tertiary alicyclic amines) is 1. The van der Waals surface area contributed by atoms with Gasteiger partial charge in [0.15, 0.2) is 0 Å². The first kappa shape index (κ1) is 26.6. The van der Waals surface area contributed by atoms with E-state index in [1.54, 1.807) is 47.6 Å². The highest BCUT2D eigenvalue weighted by Crippen LogP contribution is 2.66. The highest BCUT2D eigenvalue weighted by molar-refractivity contribution is 8.02. The first-order valence-corrected chi connectivity index (χ1v) is 14.5. The van der Waals surface area contributed by atoms with Crippen LogP contribution in [0.1, 0.15) is 26.7 Å². The fourth-order valence-electron chi connectivity index (χ4n) is 6.56. The average molecular weight is 565 g/mol. The molecule has 6 atom stereocenters. The molecule has 2 unspecified atom stereocenters. The van der Waals surface area contributed by atoms with Crippen molar-refractivity contribution in [3.05, 3.63) is 48.5 Å². The van der Waals surface area contributed by atoms with Crippen LogP contribution < -0.4 is 15.4 Å². The number of hydrogen-bond acceptors (Lipinski definition) is 8.